The van der Waals surface area contributed by atoms with Crippen molar-refractivity contribution in [2.24, 2.45) is 23.7 Å². The van der Waals surface area contributed by atoms with Crippen LogP contribution in [0.4, 0.5) is 0 Å². The molecular formula is C22H27NO2S3. The van der Waals surface area contributed by atoms with Crippen molar-refractivity contribution in [3.63, 3.8) is 0 Å². The third-order valence-electron chi connectivity index (χ3n) is 6.58. The molecule has 1 aromatic heterocycles. The van der Waals surface area contributed by atoms with Crippen LogP contribution in [0.15, 0.2) is 23.2 Å². The average molecular weight is 434 g/mol. The predicted molar refractivity (Wildman–Crippen MR) is 119 cm³/mol. The monoisotopic (exact) mass is 433 g/mol. The molecule has 1 aliphatic heterocycles. The number of thioether (sulfide) groups is 1. The Labute approximate surface area is 180 Å². The third-order valence-corrected chi connectivity index (χ3v) is 9.56. The molecule has 0 saturated heterocycles. The normalized spacial score (nSPS) is 30.4. The van der Waals surface area contributed by atoms with Gasteiger partial charge in [0.2, 0.25) is 0 Å². The van der Waals surface area contributed by atoms with E-state index in [1.165, 1.54) is 34.7 Å². The number of H-pyrrole nitrogens is 1. The Morgan fingerprint density at radius 1 is 1.21 bits per heavy atom. The van der Waals surface area contributed by atoms with Crippen LogP contribution in [0.5, 0.6) is 11.5 Å². The molecule has 2 aliphatic carbocycles. The Morgan fingerprint density at radius 2 is 2.04 bits per heavy atom. The number of aromatic nitrogens is 1. The molecule has 150 valence electrons. The number of ether oxygens (including phenoxy) is 2. The molecule has 6 heteroatoms. The van der Waals surface area contributed by atoms with Crippen LogP contribution >= 0.6 is 35.3 Å². The van der Waals surface area contributed by atoms with Crippen molar-refractivity contribution in [2.45, 2.75) is 49.3 Å². The van der Waals surface area contributed by atoms with E-state index in [0.29, 0.717) is 24.4 Å². The number of benzene rings is 1. The number of rotatable bonds is 5. The molecule has 3 nitrogen and oxygen atoms in total. The van der Waals surface area contributed by atoms with E-state index in [1.807, 2.05) is 0 Å². The lowest BCUT2D eigenvalue weighted by Gasteiger charge is -2.40. The highest BCUT2D eigenvalue weighted by Gasteiger charge is 2.54. The molecule has 5 unspecified atom stereocenters. The largest absolute Gasteiger partial charge is 0.493 e. The molecule has 3 aliphatic rings. The number of hydrogen-bond donors (Lipinski definition) is 1. The summed E-state index contributed by atoms with van der Waals surface area (Å²) in [7, 11) is 1.74. The quantitative estimate of drug-likeness (QED) is 0.546. The molecular weight excluding hydrogens is 406 g/mol. The summed E-state index contributed by atoms with van der Waals surface area (Å²) in [5.74, 6) is 5.03. The highest BCUT2D eigenvalue weighted by Crippen LogP contribution is 2.64. The molecule has 2 aromatic rings. The highest BCUT2D eigenvalue weighted by molar-refractivity contribution is 8.00. The van der Waals surface area contributed by atoms with Gasteiger partial charge in [0, 0.05) is 16.0 Å². The molecule has 0 radical (unpaired) electrons. The molecule has 2 bridgehead atoms. The Kier molecular flexibility index (Phi) is 5.00. The lowest BCUT2D eigenvalue weighted by Crippen LogP contribution is -2.33. The van der Waals surface area contributed by atoms with Crippen molar-refractivity contribution >= 4 is 35.3 Å². The van der Waals surface area contributed by atoms with E-state index in [4.69, 9.17) is 21.7 Å². The van der Waals surface area contributed by atoms with Crippen LogP contribution in [0.1, 0.15) is 49.5 Å². The van der Waals surface area contributed by atoms with Gasteiger partial charge in [0.25, 0.3) is 0 Å². The number of thiazole rings is 1. The average Bonchev–Trinajstić information content (AvgIpc) is 3.38. The van der Waals surface area contributed by atoms with Crippen molar-refractivity contribution in [2.75, 3.05) is 13.7 Å². The van der Waals surface area contributed by atoms with Crippen LogP contribution < -0.4 is 9.47 Å². The summed E-state index contributed by atoms with van der Waals surface area (Å²) in [6.07, 6.45) is 4.19. The maximum absolute atomic E-state index is 5.99. The smallest absolute Gasteiger partial charge is 0.161 e. The minimum Gasteiger partial charge on any atom is -0.493 e. The summed E-state index contributed by atoms with van der Waals surface area (Å²) in [6, 6.07) is 6.58. The maximum atomic E-state index is 5.99. The first-order chi connectivity index (χ1) is 13.5. The first kappa shape index (κ1) is 19.0. The molecule has 2 heterocycles. The van der Waals surface area contributed by atoms with Crippen molar-refractivity contribution in [3.8, 4) is 11.5 Å². The van der Waals surface area contributed by atoms with Crippen molar-refractivity contribution in [1.82, 2.24) is 4.98 Å². The van der Waals surface area contributed by atoms with E-state index >= 15 is 0 Å². The topological polar surface area (TPSA) is 34.2 Å². The number of nitrogens with one attached hydrogen (secondary N) is 1. The molecule has 28 heavy (non-hydrogen) atoms. The second-order valence-electron chi connectivity index (χ2n) is 8.79. The van der Waals surface area contributed by atoms with Gasteiger partial charge in [-0.1, -0.05) is 19.9 Å². The van der Waals surface area contributed by atoms with Crippen molar-refractivity contribution < 1.29 is 9.47 Å². The Hall–Kier alpha value is -0.980. The zero-order chi connectivity index (χ0) is 19.4. The second-order valence-corrected chi connectivity index (χ2v) is 11.7. The molecule has 5 rings (SSSR count). The van der Waals surface area contributed by atoms with Gasteiger partial charge in [0.1, 0.15) is 0 Å². The van der Waals surface area contributed by atoms with Crippen LogP contribution in [0.2, 0.25) is 0 Å². The van der Waals surface area contributed by atoms with Gasteiger partial charge in [-0.05, 0) is 72.8 Å². The first-order valence-corrected chi connectivity index (χ1v) is 12.4. The van der Waals surface area contributed by atoms with Gasteiger partial charge < -0.3 is 14.5 Å². The molecule has 0 amide bonds. The fourth-order valence-corrected chi connectivity index (χ4v) is 8.82. The van der Waals surface area contributed by atoms with Gasteiger partial charge in [-0.15, -0.1) is 23.1 Å². The van der Waals surface area contributed by atoms with Gasteiger partial charge in [-0.25, -0.2) is 0 Å². The fourth-order valence-electron chi connectivity index (χ4n) is 5.48. The number of fused-ring (bicyclic) bond motifs is 6. The van der Waals surface area contributed by atoms with Crippen LogP contribution in [0.3, 0.4) is 0 Å². The standard InChI is InChI=1S/C22H27NO2S3/c1-11(2)10-25-15-7-6-13(9-16(15)24-3)18-17-12-4-5-14(8-12)19(17)27-21-20(18)28-22(26)23-21/h6-7,9,11-12,14,17-19H,4-5,8,10H2,1-3H3,(H,23,26). The summed E-state index contributed by atoms with van der Waals surface area (Å²) in [6.45, 7) is 5.03. The summed E-state index contributed by atoms with van der Waals surface area (Å²) in [4.78, 5) is 4.91. The second kappa shape index (κ2) is 7.37. The molecule has 2 fully saturated rings. The minimum atomic E-state index is 0.419. The van der Waals surface area contributed by atoms with E-state index in [0.717, 1.165) is 32.5 Å². The van der Waals surface area contributed by atoms with E-state index in [2.05, 4.69) is 48.8 Å². The summed E-state index contributed by atoms with van der Waals surface area (Å²) < 4.78 is 12.6. The Bertz CT molecular complexity index is 934. The maximum Gasteiger partial charge on any atom is 0.161 e. The minimum absolute atomic E-state index is 0.419. The summed E-state index contributed by atoms with van der Waals surface area (Å²) >= 11 is 9.36. The number of hydrogen-bond acceptors (Lipinski definition) is 5. The van der Waals surface area contributed by atoms with Gasteiger partial charge in [0.15, 0.2) is 15.5 Å². The molecule has 0 spiro atoms. The highest BCUT2D eigenvalue weighted by atomic mass is 32.2. The van der Waals surface area contributed by atoms with Crippen LogP contribution in [-0.2, 0) is 0 Å². The van der Waals surface area contributed by atoms with E-state index in [1.54, 1.807) is 18.4 Å². The van der Waals surface area contributed by atoms with Crippen molar-refractivity contribution in [1.29, 1.82) is 0 Å². The van der Waals surface area contributed by atoms with E-state index in [-0.39, 0.29) is 0 Å². The predicted octanol–water partition coefficient (Wildman–Crippen LogP) is 6.50. The van der Waals surface area contributed by atoms with E-state index < -0.39 is 0 Å². The van der Waals surface area contributed by atoms with Crippen molar-refractivity contribution in [3.05, 3.63) is 32.6 Å². The molecule has 2 saturated carbocycles. The SMILES string of the molecule is COc1cc(C2c3sc(=S)[nH]c3SC3C4CCC(C4)C23)ccc1OCC(C)C. The van der Waals surface area contributed by atoms with Crippen LogP contribution in [0.25, 0.3) is 0 Å². The number of aromatic amines is 1. The molecule has 5 atom stereocenters. The fraction of sp³-hybridized carbons (Fsp3) is 0.591. The Morgan fingerprint density at radius 3 is 2.82 bits per heavy atom. The molecule has 1 aromatic carbocycles. The van der Waals surface area contributed by atoms with Gasteiger partial charge in [-0.2, -0.15) is 0 Å². The van der Waals surface area contributed by atoms with Gasteiger partial charge in [-0.3, -0.25) is 0 Å². The lowest BCUT2D eigenvalue weighted by molar-refractivity contribution is 0.256. The lowest BCUT2D eigenvalue weighted by atomic mass is 9.75. The van der Waals surface area contributed by atoms with E-state index in [9.17, 15) is 0 Å². The summed E-state index contributed by atoms with van der Waals surface area (Å²) in [5.41, 5.74) is 1.35. The Balaban J connectivity index is 1.56. The third kappa shape index (κ3) is 3.12. The zero-order valence-corrected chi connectivity index (χ0v) is 19.0. The zero-order valence-electron chi connectivity index (χ0n) is 16.6. The first-order valence-electron chi connectivity index (χ1n) is 10.3. The van der Waals surface area contributed by atoms with Gasteiger partial charge in [0.05, 0.1) is 18.7 Å². The summed E-state index contributed by atoms with van der Waals surface area (Å²) in [5, 5.41) is 2.03. The van der Waals surface area contributed by atoms with Gasteiger partial charge >= 0.3 is 0 Å². The van der Waals surface area contributed by atoms with Crippen LogP contribution in [0, 0.1) is 27.6 Å². The number of methoxy groups -OCH3 is 1. The van der Waals surface area contributed by atoms with Crippen LogP contribution in [-0.4, -0.2) is 24.0 Å². The molecule has 1 N–H and O–H groups in total.